The lowest BCUT2D eigenvalue weighted by atomic mass is 10.1. The summed E-state index contributed by atoms with van der Waals surface area (Å²) in [7, 11) is 0. The number of rotatable bonds is 3. The van der Waals surface area contributed by atoms with Gasteiger partial charge in [0.1, 0.15) is 11.4 Å². The molecule has 0 aromatic heterocycles. The first-order chi connectivity index (χ1) is 13.5. The molecule has 2 aromatic rings. The molecule has 142 valence electrons. The molecule has 0 radical (unpaired) electrons. The lowest BCUT2D eigenvalue weighted by Crippen LogP contribution is -2.54. The fourth-order valence-electron chi connectivity index (χ4n) is 3.43. The van der Waals surface area contributed by atoms with Crippen LogP contribution in [0.25, 0.3) is 6.08 Å². The van der Waals surface area contributed by atoms with Gasteiger partial charge in [-0.05, 0) is 48.7 Å². The van der Waals surface area contributed by atoms with Gasteiger partial charge in [0, 0.05) is 18.8 Å². The Morgan fingerprint density at radius 3 is 2.29 bits per heavy atom. The number of carbonyl (C=O) groups excluding carboxylic acids is 3. The van der Waals surface area contributed by atoms with Crippen LogP contribution in [0.5, 0.6) is 0 Å². The summed E-state index contributed by atoms with van der Waals surface area (Å²) in [6.45, 7) is 2.03. The number of hydrogen-bond donors (Lipinski definition) is 1. The lowest BCUT2D eigenvalue weighted by molar-refractivity contribution is -0.122. The smallest absolute Gasteiger partial charge is 0.336 e. The molecule has 0 aliphatic carbocycles. The Bertz CT molecular complexity index is 979. The Morgan fingerprint density at radius 1 is 0.929 bits per heavy atom. The van der Waals surface area contributed by atoms with Gasteiger partial charge in [-0.3, -0.25) is 14.9 Å². The van der Waals surface area contributed by atoms with Gasteiger partial charge in [-0.2, -0.15) is 0 Å². The maximum Gasteiger partial charge on any atom is 0.336 e. The number of halogens is 1. The first kappa shape index (κ1) is 17.9. The number of imide groups is 2. The molecule has 2 aromatic carbocycles. The molecule has 2 saturated heterocycles. The second-order valence-electron chi connectivity index (χ2n) is 6.69. The van der Waals surface area contributed by atoms with Crippen LogP contribution in [-0.2, 0) is 9.59 Å². The van der Waals surface area contributed by atoms with Crippen molar-refractivity contribution in [1.29, 1.82) is 0 Å². The summed E-state index contributed by atoms with van der Waals surface area (Å²) in [6, 6.07) is 11.9. The Hall–Kier alpha value is -3.48. The van der Waals surface area contributed by atoms with Crippen LogP contribution in [0, 0.1) is 5.82 Å². The van der Waals surface area contributed by atoms with Crippen LogP contribution >= 0.6 is 0 Å². The minimum absolute atomic E-state index is 0.201. The van der Waals surface area contributed by atoms with Gasteiger partial charge in [-0.15, -0.1) is 0 Å². The van der Waals surface area contributed by atoms with Gasteiger partial charge >= 0.3 is 6.03 Å². The molecule has 2 aliphatic heterocycles. The molecule has 2 aliphatic rings. The third kappa shape index (κ3) is 3.26. The highest BCUT2D eigenvalue weighted by atomic mass is 19.1. The normalized spacial score (nSPS) is 18.8. The van der Waals surface area contributed by atoms with E-state index in [1.54, 1.807) is 0 Å². The summed E-state index contributed by atoms with van der Waals surface area (Å²) < 4.78 is 14.1. The number of benzene rings is 2. The molecule has 1 N–H and O–H groups in total. The van der Waals surface area contributed by atoms with Crippen molar-refractivity contribution in [1.82, 2.24) is 5.32 Å². The van der Waals surface area contributed by atoms with Crippen molar-refractivity contribution in [2.24, 2.45) is 0 Å². The van der Waals surface area contributed by atoms with Crippen molar-refractivity contribution in [3.63, 3.8) is 0 Å². The molecule has 4 rings (SSSR count). The van der Waals surface area contributed by atoms with E-state index < -0.39 is 23.7 Å². The van der Waals surface area contributed by atoms with E-state index in [2.05, 4.69) is 10.2 Å². The molecule has 0 unspecified atom stereocenters. The van der Waals surface area contributed by atoms with Crippen molar-refractivity contribution in [2.45, 2.75) is 12.8 Å². The topological polar surface area (TPSA) is 69.7 Å². The average Bonchev–Trinajstić information content (AvgIpc) is 3.22. The van der Waals surface area contributed by atoms with E-state index in [0.717, 1.165) is 24.8 Å². The van der Waals surface area contributed by atoms with Crippen LogP contribution < -0.4 is 15.1 Å². The molecule has 0 atom stereocenters. The van der Waals surface area contributed by atoms with Crippen molar-refractivity contribution in [3.8, 4) is 0 Å². The highest BCUT2D eigenvalue weighted by molar-refractivity contribution is 6.39. The SMILES string of the molecule is O=C1NC(=O)N(c2ccccc2F)C(=O)/C1=C/c1ccc(N2CCCC2)cc1. The van der Waals surface area contributed by atoms with E-state index in [1.165, 1.54) is 37.1 Å². The van der Waals surface area contributed by atoms with Gasteiger partial charge in [0.2, 0.25) is 0 Å². The minimum atomic E-state index is -0.971. The zero-order valence-electron chi connectivity index (χ0n) is 15.0. The molecule has 0 saturated carbocycles. The molecular weight excluding hydrogens is 361 g/mol. The zero-order chi connectivity index (χ0) is 19.7. The van der Waals surface area contributed by atoms with Crippen molar-refractivity contribution >= 4 is 35.3 Å². The van der Waals surface area contributed by atoms with E-state index >= 15 is 0 Å². The van der Waals surface area contributed by atoms with Crippen molar-refractivity contribution in [3.05, 3.63) is 65.5 Å². The van der Waals surface area contributed by atoms with E-state index in [1.807, 2.05) is 24.3 Å². The van der Waals surface area contributed by atoms with Gasteiger partial charge in [0.05, 0.1) is 5.69 Å². The first-order valence-electron chi connectivity index (χ1n) is 9.05. The Kier molecular flexibility index (Phi) is 4.65. The van der Waals surface area contributed by atoms with E-state index in [0.29, 0.717) is 10.5 Å². The van der Waals surface area contributed by atoms with Gasteiger partial charge in [0.15, 0.2) is 0 Å². The highest BCUT2D eigenvalue weighted by Gasteiger charge is 2.37. The van der Waals surface area contributed by atoms with Gasteiger partial charge in [-0.25, -0.2) is 14.1 Å². The predicted molar refractivity (Wildman–Crippen MR) is 103 cm³/mol. The standard InChI is InChI=1S/C21H18FN3O3/c22-17-5-1-2-6-18(17)25-20(27)16(19(26)23-21(25)28)13-14-7-9-15(10-8-14)24-11-3-4-12-24/h1-2,5-10,13H,3-4,11-12H2,(H,23,26,28)/b16-13+. The van der Waals surface area contributed by atoms with Crippen LogP contribution in [0.4, 0.5) is 20.6 Å². The van der Waals surface area contributed by atoms with E-state index in [9.17, 15) is 18.8 Å². The third-order valence-electron chi connectivity index (χ3n) is 4.87. The fourth-order valence-corrected chi connectivity index (χ4v) is 3.43. The Morgan fingerprint density at radius 2 is 1.61 bits per heavy atom. The van der Waals surface area contributed by atoms with Crippen LogP contribution in [0.2, 0.25) is 0 Å². The third-order valence-corrected chi connectivity index (χ3v) is 4.87. The number of para-hydroxylation sites is 1. The largest absolute Gasteiger partial charge is 0.372 e. The summed E-state index contributed by atoms with van der Waals surface area (Å²) in [6.07, 6.45) is 3.74. The molecule has 0 bridgehead atoms. The first-order valence-corrected chi connectivity index (χ1v) is 9.05. The molecule has 28 heavy (non-hydrogen) atoms. The quantitative estimate of drug-likeness (QED) is 0.657. The van der Waals surface area contributed by atoms with Crippen LogP contribution in [0.1, 0.15) is 18.4 Å². The molecule has 6 nitrogen and oxygen atoms in total. The molecule has 0 spiro atoms. The molecule has 2 fully saturated rings. The summed E-state index contributed by atoms with van der Waals surface area (Å²) >= 11 is 0. The lowest BCUT2D eigenvalue weighted by Gasteiger charge is -2.26. The Balaban J connectivity index is 1.64. The van der Waals surface area contributed by atoms with E-state index in [4.69, 9.17) is 0 Å². The number of nitrogens with one attached hydrogen (secondary N) is 1. The number of hydrogen-bond acceptors (Lipinski definition) is 4. The minimum Gasteiger partial charge on any atom is -0.372 e. The fraction of sp³-hybridized carbons (Fsp3) is 0.190. The van der Waals surface area contributed by atoms with Gasteiger partial charge in [-0.1, -0.05) is 24.3 Å². The monoisotopic (exact) mass is 379 g/mol. The molecule has 2 heterocycles. The summed E-state index contributed by atoms with van der Waals surface area (Å²) in [5, 5.41) is 2.10. The maximum absolute atomic E-state index is 14.1. The number of urea groups is 1. The number of nitrogens with zero attached hydrogens (tertiary/aromatic N) is 2. The van der Waals surface area contributed by atoms with Gasteiger partial charge < -0.3 is 4.90 Å². The van der Waals surface area contributed by atoms with Crippen LogP contribution in [0.15, 0.2) is 54.1 Å². The zero-order valence-corrected chi connectivity index (χ0v) is 15.0. The van der Waals surface area contributed by atoms with E-state index in [-0.39, 0.29) is 11.3 Å². The number of amides is 4. The molecular formula is C21H18FN3O3. The maximum atomic E-state index is 14.1. The van der Waals surface area contributed by atoms with Crippen molar-refractivity contribution < 1.29 is 18.8 Å². The van der Waals surface area contributed by atoms with Crippen LogP contribution in [-0.4, -0.2) is 30.9 Å². The average molecular weight is 379 g/mol. The Labute approximate surface area is 161 Å². The number of barbiturate groups is 1. The summed E-state index contributed by atoms with van der Waals surface area (Å²) in [5.41, 5.74) is 1.30. The predicted octanol–water partition coefficient (Wildman–Crippen LogP) is 3.09. The molecule has 4 amide bonds. The highest BCUT2D eigenvalue weighted by Crippen LogP contribution is 2.25. The molecule has 7 heteroatoms. The summed E-state index contributed by atoms with van der Waals surface area (Å²) in [4.78, 5) is 40.0. The van der Waals surface area contributed by atoms with Crippen molar-refractivity contribution in [2.75, 3.05) is 22.9 Å². The number of anilines is 2. The number of carbonyl (C=O) groups is 3. The second kappa shape index (κ2) is 7.26. The summed E-state index contributed by atoms with van der Waals surface area (Å²) in [5.74, 6) is -2.39. The van der Waals surface area contributed by atoms with Gasteiger partial charge in [0.25, 0.3) is 11.8 Å². The van der Waals surface area contributed by atoms with Crippen LogP contribution in [0.3, 0.4) is 0 Å². The second-order valence-corrected chi connectivity index (χ2v) is 6.69.